The van der Waals surface area contributed by atoms with Crippen molar-refractivity contribution in [3.8, 4) is 0 Å². The number of phosphoric ester groups is 2. The summed E-state index contributed by atoms with van der Waals surface area (Å²) in [6.45, 7) is 12.0. The van der Waals surface area contributed by atoms with E-state index >= 15 is 0 Å². The minimum atomic E-state index is -4.97. The third-order valence-electron chi connectivity index (χ3n) is 20.5. The third kappa shape index (κ3) is 76.9. The van der Waals surface area contributed by atoms with E-state index in [2.05, 4.69) is 72.8 Å². The fourth-order valence-corrected chi connectivity index (χ4v) is 14.5. The zero-order valence-corrected chi connectivity index (χ0v) is 71.2. The molecule has 0 saturated carbocycles. The van der Waals surface area contributed by atoms with Crippen LogP contribution in [0.3, 0.4) is 0 Å². The number of ether oxygens (including phenoxy) is 4. The molecule has 17 nitrogen and oxygen atoms in total. The first-order valence-corrected chi connectivity index (χ1v) is 47.2. The van der Waals surface area contributed by atoms with Crippen molar-refractivity contribution in [3.05, 3.63) is 24.3 Å². The van der Waals surface area contributed by atoms with Gasteiger partial charge in [-0.3, -0.25) is 37.3 Å². The summed E-state index contributed by atoms with van der Waals surface area (Å²) >= 11 is 0. The van der Waals surface area contributed by atoms with Gasteiger partial charge in [0, 0.05) is 25.7 Å². The second-order valence-corrected chi connectivity index (χ2v) is 34.5. The van der Waals surface area contributed by atoms with Crippen LogP contribution in [-0.2, 0) is 65.4 Å². The first kappa shape index (κ1) is 104. The number of aliphatic hydroxyl groups excluding tert-OH is 1. The Hall–Kier alpha value is -2.46. The lowest BCUT2D eigenvalue weighted by Gasteiger charge is -2.21. The largest absolute Gasteiger partial charge is 0.472 e. The average molecular weight is 1550 g/mol. The van der Waals surface area contributed by atoms with Gasteiger partial charge in [0.25, 0.3) is 0 Å². The SMILES string of the molecule is CCCCCC/C=C\C=C/CCCCCCCC(=O)O[C@H](COC(=O)CCCCCCCCC(C)CC)COP(=O)(O)OC[C@H](O)COP(=O)(O)OC[C@@H](COC(=O)CCCCCCCCCCCCCCCCCCC(C)C)OC(=O)CCCCCCCCCCCCCCCCCCCCC(C)CC. The number of aliphatic hydroxyl groups is 1. The molecule has 0 spiro atoms. The van der Waals surface area contributed by atoms with Crippen molar-refractivity contribution in [2.75, 3.05) is 39.6 Å². The van der Waals surface area contributed by atoms with Crippen molar-refractivity contribution >= 4 is 39.5 Å². The molecule has 0 rings (SSSR count). The summed E-state index contributed by atoms with van der Waals surface area (Å²) in [5, 5.41) is 10.7. The highest BCUT2D eigenvalue weighted by atomic mass is 31.2. The fraction of sp³-hybridized carbons (Fsp3) is 0.908. The van der Waals surface area contributed by atoms with E-state index in [0.29, 0.717) is 25.7 Å². The minimum Gasteiger partial charge on any atom is -0.462 e. The highest BCUT2D eigenvalue weighted by Gasteiger charge is 2.30. The van der Waals surface area contributed by atoms with Crippen molar-refractivity contribution in [2.45, 2.75) is 452 Å². The van der Waals surface area contributed by atoms with E-state index in [-0.39, 0.29) is 25.7 Å². The van der Waals surface area contributed by atoms with Crippen molar-refractivity contribution in [2.24, 2.45) is 17.8 Å². The van der Waals surface area contributed by atoms with Gasteiger partial charge in [-0.15, -0.1) is 0 Å². The zero-order valence-electron chi connectivity index (χ0n) is 69.4. The van der Waals surface area contributed by atoms with Crippen LogP contribution < -0.4 is 0 Å². The van der Waals surface area contributed by atoms with Gasteiger partial charge in [0.1, 0.15) is 19.3 Å². The Labute approximate surface area is 650 Å². The fourth-order valence-electron chi connectivity index (χ4n) is 12.9. The number of carbonyl (C=O) groups excluding carboxylic acids is 4. The summed E-state index contributed by atoms with van der Waals surface area (Å²) in [4.78, 5) is 73.2. The molecule has 0 bridgehead atoms. The lowest BCUT2D eigenvalue weighted by atomic mass is 9.99. The van der Waals surface area contributed by atoms with E-state index in [1.165, 1.54) is 225 Å². The van der Waals surface area contributed by atoms with Gasteiger partial charge in [-0.2, -0.15) is 0 Å². The summed E-state index contributed by atoms with van der Waals surface area (Å²) < 4.78 is 68.8. The van der Waals surface area contributed by atoms with Crippen molar-refractivity contribution in [1.29, 1.82) is 0 Å². The topological polar surface area (TPSA) is 237 Å². The van der Waals surface area contributed by atoms with Crippen LogP contribution in [0.25, 0.3) is 0 Å². The highest BCUT2D eigenvalue weighted by Crippen LogP contribution is 2.45. The van der Waals surface area contributed by atoms with Crippen LogP contribution in [0.15, 0.2) is 24.3 Å². The Balaban J connectivity index is 5.25. The van der Waals surface area contributed by atoms with Crippen molar-refractivity contribution < 1.29 is 80.2 Å². The summed E-state index contributed by atoms with van der Waals surface area (Å²) in [5.41, 5.74) is 0. The van der Waals surface area contributed by atoms with Gasteiger partial charge < -0.3 is 33.8 Å². The van der Waals surface area contributed by atoms with Crippen LogP contribution >= 0.6 is 15.6 Å². The summed E-state index contributed by atoms with van der Waals surface area (Å²) in [7, 11) is -9.94. The first-order chi connectivity index (χ1) is 51.3. The van der Waals surface area contributed by atoms with Gasteiger partial charge in [0.2, 0.25) is 0 Å². The zero-order chi connectivity index (χ0) is 77.9. The van der Waals surface area contributed by atoms with Crippen LogP contribution in [0.5, 0.6) is 0 Å². The molecule has 0 aliphatic carbocycles. The lowest BCUT2D eigenvalue weighted by Crippen LogP contribution is -2.30. The number of hydrogen-bond donors (Lipinski definition) is 3. The maximum absolute atomic E-state index is 13.2. The molecule has 0 aromatic carbocycles. The lowest BCUT2D eigenvalue weighted by molar-refractivity contribution is -0.161. The second kappa shape index (κ2) is 76.5. The van der Waals surface area contributed by atoms with E-state index in [9.17, 15) is 43.2 Å². The van der Waals surface area contributed by atoms with Gasteiger partial charge in [0.05, 0.1) is 26.4 Å². The Morgan fingerprint density at radius 2 is 0.557 bits per heavy atom. The van der Waals surface area contributed by atoms with Crippen molar-refractivity contribution in [3.63, 3.8) is 0 Å². The van der Waals surface area contributed by atoms with Gasteiger partial charge >= 0.3 is 39.5 Å². The molecule has 106 heavy (non-hydrogen) atoms. The summed E-state index contributed by atoms with van der Waals surface area (Å²) in [5.74, 6) is 0.273. The molecular formula is C87H166O17P2. The number of unbranched alkanes of at least 4 members (excludes halogenated alkanes) is 46. The summed E-state index contributed by atoms with van der Waals surface area (Å²) in [6, 6.07) is 0. The molecule has 0 amide bonds. The molecule has 7 atom stereocenters. The maximum atomic E-state index is 13.2. The molecule has 0 aromatic rings. The van der Waals surface area contributed by atoms with E-state index in [4.69, 9.17) is 37.0 Å². The maximum Gasteiger partial charge on any atom is 0.472 e. The molecule has 19 heteroatoms. The molecular weight excluding hydrogens is 1380 g/mol. The minimum absolute atomic E-state index is 0.0842. The van der Waals surface area contributed by atoms with Crippen LogP contribution in [0.2, 0.25) is 0 Å². The van der Waals surface area contributed by atoms with Crippen LogP contribution in [0, 0.1) is 17.8 Å². The molecule has 626 valence electrons. The number of allylic oxidation sites excluding steroid dienone is 4. The smallest absolute Gasteiger partial charge is 0.462 e. The number of carbonyl (C=O) groups is 4. The predicted molar refractivity (Wildman–Crippen MR) is 437 cm³/mol. The van der Waals surface area contributed by atoms with Gasteiger partial charge in [-0.1, -0.05) is 381 Å². The summed E-state index contributed by atoms with van der Waals surface area (Å²) in [6.07, 6.45) is 70.3. The third-order valence-corrected chi connectivity index (χ3v) is 22.4. The van der Waals surface area contributed by atoms with E-state index in [1.807, 2.05) is 0 Å². The molecule has 3 N–H and O–H groups in total. The van der Waals surface area contributed by atoms with E-state index < -0.39 is 97.5 Å². The normalized spacial score (nSPS) is 14.5. The van der Waals surface area contributed by atoms with Gasteiger partial charge in [-0.25, -0.2) is 9.13 Å². The molecule has 0 aliphatic rings. The van der Waals surface area contributed by atoms with Crippen LogP contribution in [0.1, 0.15) is 434 Å². The van der Waals surface area contributed by atoms with Gasteiger partial charge in [0.15, 0.2) is 12.2 Å². The molecule has 0 fully saturated rings. The highest BCUT2D eigenvalue weighted by molar-refractivity contribution is 7.47. The predicted octanol–water partition coefficient (Wildman–Crippen LogP) is 26.0. The second-order valence-electron chi connectivity index (χ2n) is 31.6. The first-order valence-electron chi connectivity index (χ1n) is 44.2. The molecule has 0 saturated heterocycles. The monoisotopic (exact) mass is 1550 g/mol. The van der Waals surface area contributed by atoms with Crippen LogP contribution in [-0.4, -0.2) is 96.7 Å². The Morgan fingerprint density at radius 1 is 0.311 bits per heavy atom. The van der Waals surface area contributed by atoms with Crippen LogP contribution in [0.4, 0.5) is 0 Å². The molecule has 4 unspecified atom stereocenters. The Kier molecular flexibility index (Phi) is 74.7. The molecule has 0 aromatic heterocycles. The van der Waals surface area contributed by atoms with E-state index in [1.54, 1.807) is 0 Å². The Morgan fingerprint density at radius 3 is 0.840 bits per heavy atom. The van der Waals surface area contributed by atoms with Gasteiger partial charge in [-0.05, 0) is 69.1 Å². The number of hydrogen-bond acceptors (Lipinski definition) is 15. The standard InChI is InChI=1S/C87H166O17P2/c1-8-11-12-13-14-15-16-17-24-32-37-42-47-56-63-71-87(92)104-83(75-98-85(90)69-62-55-50-49-53-60-67-80(7)10-3)77-102-106(95,96)100-73-81(88)72-99-105(93,94)101-76-82(74-97-84(89)68-61-54-46-41-36-31-27-23-22-25-29-34-39-44-51-58-65-78(4)5)103-86(91)70-64-57-48-43-38-33-28-21-19-18-20-26-30-35-40-45-52-59-66-79(6)9-2/h15-17,24,78-83,88H,8-14,18-23,25-77H2,1-7H3,(H,93,94)(H,95,96)/b16-15-,24-17-/t79?,80?,81-,82-,83-/m1/s1. The van der Waals surface area contributed by atoms with Crippen molar-refractivity contribution in [1.82, 2.24) is 0 Å². The molecule has 0 aliphatic heterocycles. The molecule has 0 radical (unpaired) electrons. The van der Waals surface area contributed by atoms with E-state index in [0.717, 1.165) is 127 Å². The quantitative estimate of drug-likeness (QED) is 0.0169. The molecule has 0 heterocycles. The number of rotatable bonds is 83. The Bertz CT molecular complexity index is 2140. The number of phosphoric acid groups is 2. The average Bonchev–Trinajstić information content (AvgIpc) is 0.909. The number of esters is 4.